The van der Waals surface area contributed by atoms with Crippen LogP contribution in [0.4, 0.5) is 16.3 Å². The Bertz CT molecular complexity index is 824. The predicted molar refractivity (Wildman–Crippen MR) is 108 cm³/mol. The normalized spacial score (nSPS) is 21.9. The Kier molecular flexibility index (Phi) is 5.91. The van der Waals surface area contributed by atoms with Crippen molar-refractivity contribution >= 4 is 18.1 Å². The smallest absolute Gasteiger partial charge is 0.322 e. The van der Waals surface area contributed by atoms with Crippen LogP contribution >= 0.6 is 0 Å². The summed E-state index contributed by atoms with van der Waals surface area (Å²) < 4.78 is 18.7. The molecule has 2 unspecified atom stereocenters. The molecule has 0 radical (unpaired) electrons. The number of allylic oxidation sites excluding steroid dienone is 2. The third kappa shape index (κ3) is 4.29. The molecule has 0 fully saturated rings. The van der Waals surface area contributed by atoms with Gasteiger partial charge >= 0.3 is 6.01 Å². The molecular formula is C19H26FN7O. The number of rotatable bonds is 7. The van der Waals surface area contributed by atoms with Gasteiger partial charge in [-0.25, -0.2) is 4.39 Å². The maximum atomic E-state index is 13.5. The van der Waals surface area contributed by atoms with E-state index in [2.05, 4.69) is 63.4 Å². The van der Waals surface area contributed by atoms with Crippen LogP contribution in [0.2, 0.25) is 0 Å². The van der Waals surface area contributed by atoms with E-state index in [4.69, 9.17) is 4.74 Å². The molecule has 0 saturated carbocycles. The molecule has 2 atom stereocenters. The Hall–Kier alpha value is -2.97. The summed E-state index contributed by atoms with van der Waals surface area (Å²) in [6, 6.07) is 0.589. The van der Waals surface area contributed by atoms with Crippen molar-refractivity contribution in [2.45, 2.75) is 45.8 Å². The number of nitrogens with one attached hydrogen (secondary N) is 2. The van der Waals surface area contributed by atoms with Crippen LogP contribution in [0.3, 0.4) is 0 Å². The lowest BCUT2D eigenvalue weighted by molar-refractivity contribution is 0.377. The molecule has 2 N–H and O–H groups in total. The number of hydrazine groups is 1. The zero-order chi connectivity index (χ0) is 20.3. The average molecular weight is 387 g/mol. The van der Waals surface area contributed by atoms with Crippen LogP contribution in [0, 0.1) is 5.92 Å². The highest BCUT2D eigenvalue weighted by Gasteiger charge is 2.27. The van der Waals surface area contributed by atoms with E-state index in [1.165, 1.54) is 13.2 Å². The van der Waals surface area contributed by atoms with Gasteiger partial charge in [0.05, 0.1) is 13.2 Å². The van der Waals surface area contributed by atoms with Gasteiger partial charge in [-0.2, -0.15) is 15.0 Å². The molecule has 0 amide bonds. The van der Waals surface area contributed by atoms with Gasteiger partial charge in [0.2, 0.25) is 11.9 Å². The number of halogens is 1. The second kappa shape index (κ2) is 8.37. The van der Waals surface area contributed by atoms with Gasteiger partial charge in [-0.05, 0) is 45.4 Å². The topological polar surface area (TPSA) is 87.6 Å². The maximum Gasteiger partial charge on any atom is 0.322 e. The van der Waals surface area contributed by atoms with Gasteiger partial charge < -0.3 is 15.1 Å². The quantitative estimate of drug-likeness (QED) is 0.696. The highest BCUT2D eigenvalue weighted by molar-refractivity contribution is 5.83. The first kappa shape index (κ1) is 19.8. The molecule has 2 aliphatic rings. The van der Waals surface area contributed by atoms with Gasteiger partial charge in [0.15, 0.2) is 0 Å². The molecule has 0 bridgehead atoms. The van der Waals surface area contributed by atoms with Crippen molar-refractivity contribution in [1.82, 2.24) is 20.4 Å². The summed E-state index contributed by atoms with van der Waals surface area (Å²) in [4.78, 5) is 19.5. The Morgan fingerprint density at radius 3 is 2.61 bits per heavy atom. The van der Waals surface area contributed by atoms with Crippen molar-refractivity contribution in [3.63, 3.8) is 0 Å². The zero-order valence-corrected chi connectivity index (χ0v) is 16.7. The maximum absolute atomic E-state index is 13.5. The fraction of sp³-hybridized carbons (Fsp3) is 0.474. The van der Waals surface area contributed by atoms with Crippen molar-refractivity contribution in [3.8, 4) is 6.01 Å². The zero-order valence-electron chi connectivity index (χ0n) is 16.7. The molecule has 0 spiro atoms. The highest BCUT2D eigenvalue weighted by Crippen LogP contribution is 2.30. The average Bonchev–Trinajstić information content (AvgIpc) is 3.03. The van der Waals surface area contributed by atoms with Gasteiger partial charge in [0, 0.05) is 30.4 Å². The minimum absolute atomic E-state index is 0.0536. The van der Waals surface area contributed by atoms with Gasteiger partial charge in [0.25, 0.3) is 0 Å². The molecule has 2 heterocycles. The summed E-state index contributed by atoms with van der Waals surface area (Å²) in [5.74, 6) is 0.487. The Morgan fingerprint density at radius 1 is 1.18 bits per heavy atom. The van der Waals surface area contributed by atoms with E-state index in [1.807, 2.05) is 0 Å². The Labute approximate surface area is 164 Å². The Morgan fingerprint density at radius 2 is 1.93 bits per heavy atom. The standard InChI is InChI=1S/C19H26FN7O/c1-11(2)27(12(3)4)18-23-17(24-19(25-18)28-5)26-22-10-13-9-21-16-7-6-14(20)8-15(13)16/h6-12,15-16,22H,1-5H3,(H,23,24,25,26). The van der Waals surface area contributed by atoms with Crippen LogP contribution in [-0.4, -0.2) is 46.4 Å². The predicted octanol–water partition coefficient (Wildman–Crippen LogP) is 2.80. The summed E-state index contributed by atoms with van der Waals surface area (Å²) in [7, 11) is 1.51. The third-order valence-electron chi connectivity index (χ3n) is 4.49. The van der Waals surface area contributed by atoms with E-state index in [0.29, 0.717) is 11.9 Å². The Balaban J connectivity index is 1.75. The summed E-state index contributed by atoms with van der Waals surface area (Å²) in [6.07, 6.45) is 8.25. The van der Waals surface area contributed by atoms with Crippen LogP contribution in [0.25, 0.3) is 0 Å². The molecule has 0 aromatic carbocycles. The molecule has 1 aliphatic carbocycles. The molecular weight excluding hydrogens is 361 g/mol. The first-order valence-corrected chi connectivity index (χ1v) is 9.27. The number of ether oxygens (including phenoxy) is 1. The van der Waals surface area contributed by atoms with Gasteiger partial charge in [0.1, 0.15) is 5.83 Å². The summed E-state index contributed by atoms with van der Waals surface area (Å²) in [5.41, 5.74) is 6.76. The third-order valence-corrected chi connectivity index (χ3v) is 4.49. The van der Waals surface area contributed by atoms with E-state index in [9.17, 15) is 4.39 Å². The summed E-state index contributed by atoms with van der Waals surface area (Å²) >= 11 is 0. The summed E-state index contributed by atoms with van der Waals surface area (Å²) in [5, 5.41) is 0. The molecule has 0 saturated heterocycles. The van der Waals surface area contributed by atoms with E-state index >= 15 is 0 Å². The molecule has 9 heteroatoms. The lowest BCUT2D eigenvalue weighted by Gasteiger charge is -2.30. The monoisotopic (exact) mass is 387 g/mol. The molecule has 1 aromatic rings. The van der Waals surface area contributed by atoms with Crippen molar-refractivity contribution in [2.75, 3.05) is 17.4 Å². The van der Waals surface area contributed by atoms with Gasteiger partial charge in [-0.15, -0.1) is 0 Å². The lowest BCUT2D eigenvalue weighted by Crippen LogP contribution is -2.38. The summed E-state index contributed by atoms with van der Waals surface area (Å²) in [6.45, 7) is 8.31. The van der Waals surface area contributed by atoms with Crippen molar-refractivity contribution in [2.24, 2.45) is 10.9 Å². The van der Waals surface area contributed by atoms with Crippen molar-refractivity contribution in [1.29, 1.82) is 0 Å². The number of aliphatic imine (C=N–C) groups is 1. The number of methoxy groups -OCH3 is 1. The highest BCUT2D eigenvalue weighted by atomic mass is 19.1. The lowest BCUT2D eigenvalue weighted by atomic mass is 9.92. The largest absolute Gasteiger partial charge is 0.467 e. The fourth-order valence-electron chi connectivity index (χ4n) is 3.31. The molecule has 8 nitrogen and oxygen atoms in total. The second-order valence-corrected chi connectivity index (χ2v) is 7.16. The van der Waals surface area contributed by atoms with Gasteiger partial charge in [-0.1, -0.05) is 6.08 Å². The molecule has 3 rings (SSSR count). The van der Waals surface area contributed by atoms with Crippen molar-refractivity contribution in [3.05, 3.63) is 35.8 Å². The van der Waals surface area contributed by atoms with Crippen LogP contribution in [0.15, 0.2) is 40.8 Å². The SMILES string of the molecule is COc1nc(NNC=C2C=NC3C=CC(F)=CC23)nc(N(C(C)C)C(C)C)n1. The molecule has 150 valence electrons. The number of aromatic nitrogens is 3. The molecule has 28 heavy (non-hydrogen) atoms. The number of fused-ring (bicyclic) bond motifs is 1. The minimum atomic E-state index is -0.250. The van der Waals surface area contributed by atoms with E-state index in [-0.39, 0.29) is 35.9 Å². The van der Waals surface area contributed by atoms with Gasteiger partial charge in [-0.3, -0.25) is 10.4 Å². The fourth-order valence-corrected chi connectivity index (χ4v) is 3.31. The number of anilines is 2. The van der Waals surface area contributed by atoms with Crippen LogP contribution in [-0.2, 0) is 0 Å². The number of hydrogen-bond acceptors (Lipinski definition) is 8. The van der Waals surface area contributed by atoms with Crippen LogP contribution < -0.4 is 20.5 Å². The van der Waals surface area contributed by atoms with E-state index in [1.54, 1.807) is 24.6 Å². The number of hydrogen-bond donors (Lipinski definition) is 2. The molecule has 1 aliphatic heterocycles. The molecule has 1 aromatic heterocycles. The van der Waals surface area contributed by atoms with Crippen LogP contribution in [0.1, 0.15) is 27.7 Å². The first-order valence-electron chi connectivity index (χ1n) is 9.27. The number of nitrogens with zero attached hydrogens (tertiary/aromatic N) is 5. The van der Waals surface area contributed by atoms with E-state index < -0.39 is 0 Å². The first-order chi connectivity index (χ1) is 13.4. The van der Waals surface area contributed by atoms with Crippen molar-refractivity contribution < 1.29 is 9.13 Å². The minimum Gasteiger partial charge on any atom is -0.467 e. The van der Waals surface area contributed by atoms with Crippen LogP contribution in [0.5, 0.6) is 6.01 Å². The second-order valence-electron chi connectivity index (χ2n) is 7.16. The van der Waals surface area contributed by atoms with E-state index in [0.717, 1.165) is 5.57 Å².